The zero-order chi connectivity index (χ0) is 15.0. The van der Waals surface area contributed by atoms with Gasteiger partial charge in [0.2, 0.25) is 6.35 Å². The van der Waals surface area contributed by atoms with E-state index >= 15 is 0 Å². The first kappa shape index (κ1) is 14.2. The maximum atomic E-state index is 11.7. The molecule has 1 amide bonds. The van der Waals surface area contributed by atoms with Crippen LogP contribution in [0.2, 0.25) is 0 Å². The van der Waals surface area contributed by atoms with E-state index in [0.717, 1.165) is 24.5 Å². The van der Waals surface area contributed by atoms with Crippen molar-refractivity contribution in [2.24, 2.45) is 5.73 Å². The summed E-state index contributed by atoms with van der Waals surface area (Å²) >= 11 is 0. The molecule has 0 saturated carbocycles. The first-order valence-corrected chi connectivity index (χ1v) is 7.29. The third-order valence-corrected chi connectivity index (χ3v) is 3.91. The second-order valence-corrected chi connectivity index (χ2v) is 5.61. The van der Waals surface area contributed by atoms with Crippen molar-refractivity contribution in [3.8, 4) is 5.75 Å². The van der Waals surface area contributed by atoms with E-state index in [0.29, 0.717) is 18.8 Å². The first-order chi connectivity index (χ1) is 10.1. The molecule has 2 heterocycles. The van der Waals surface area contributed by atoms with Gasteiger partial charge in [0.25, 0.3) is 5.91 Å². The van der Waals surface area contributed by atoms with Crippen LogP contribution < -0.4 is 15.4 Å². The lowest BCUT2D eigenvalue weighted by atomic mass is 10.1. The van der Waals surface area contributed by atoms with E-state index in [1.165, 1.54) is 0 Å². The summed E-state index contributed by atoms with van der Waals surface area (Å²) in [5, 5.41) is 0. The Hall–Kier alpha value is -1.79. The largest absolute Gasteiger partial charge is 0.455 e. The molecule has 1 unspecified atom stereocenters. The van der Waals surface area contributed by atoms with Crippen LogP contribution in [0.3, 0.4) is 0 Å². The van der Waals surface area contributed by atoms with Crippen LogP contribution in [0, 0.1) is 0 Å². The fraction of sp³-hybridized carbons (Fsp3) is 0.533. The minimum absolute atomic E-state index is 0.194. The van der Waals surface area contributed by atoms with Crippen molar-refractivity contribution in [2.75, 3.05) is 31.2 Å². The molecule has 1 aromatic carbocycles. The molecule has 0 aromatic heterocycles. The molecule has 1 saturated heterocycles. The van der Waals surface area contributed by atoms with Gasteiger partial charge in [-0.25, -0.2) is 4.90 Å². The van der Waals surface area contributed by atoms with E-state index in [9.17, 15) is 4.79 Å². The van der Waals surface area contributed by atoms with E-state index in [1.54, 1.807) is 12.1 Å². The minimum Gasteiger partial charge on any atom is -0.455 e. The molecular formula is C15H21N3O3. The maximum Gasteiger partial charge on any atom is 0.250 e. The van der Waals surface area contributed by atoms with Gasteiger partial charge in [-0.2, -0.15) is 0 Å². The molecule has 21 heavy (non-hydrogen) atoms. The second-order valence-electron chi connectivity index (χ2n) is 5.61. The molecule has 114 valence electrons. The highest BCUT2D eigenvalue weighted by Gasteiger charge is 2.39. The first-order valence-electron chi connectivity index (χ1n) is 7.29. The SMILES string of the molecule is CC(C)N1c2c(cccc2C(N)=O)OC1N1CCOCC1. The van der Waals surface area contributed by atoms with Crippen LogP contribution in [0.25, 0.3) is 0 Å². The molecule has 6 nitrogen and oxygen atoms in total. The highest BCUT2D eigenvalue weighted by molar-refractivity contribution is 6.00. The third-order valence-electron chi connectivity index (χ3n) is 3.91. The van der Waals surface area contributed by atoms with Crippen molar-refractivity contribution in [2.45, 2.75) is 26.2 Å². The number of para-hydroxylation sites is 1. The van der Waals surface area contributed by atoms with Crippen LogP contribution in [0.1, 0.15) is 24.2 Å². The number of morpholine rings is 1. The average molecular weight is 291 g/mol. The molecule has 0 spiro atoms. The molecule has 0 radical (unpaired) electrons. The van der Waals surface area contributed by atoms with Gasteiger partial charge >= 0.3 is 0 Å². The Bertz CT molecular complexity index is 541. The molecule has 0 aliphatic carbocycles. The number of hydrogen-bond donors (Lipinski definition) is 1. The van der Waals surface area contributed by atoms with E-state index in [1.807, 2.05) is 6.07 Å². The summed E-state index contributed by atoms with van der Waals surface area (Å²) in [7, 11) is 0. The molecule has 2 aliphatic rings. The number of anilines is 1. The topological polar surface area (TPSA) is 68.0 Å². The third kappa shape index (κ3) is 2.45. The van der Waals surface area contributed by atoms with E-state index in [-0.39, 0.29) is 12.4 Å². The van der Waals surface area contributed by atoms with Crippen LogP contribution >= 0.6 is 0 Å². The van der Waals surface area contributed by atoms with Gasteiger partial charge in [-0.05, 0) is 26.0 Å². The molecule has 0 bridgehead atoms. The molecule has 3 rings (SSSR count). The number of benzene rings is 1. The normalized spacial score (nSPS) is 22.2. The van der Waals surface area contributed by atoms with E-state index < -0.39 is 5.91 Å². The molecule has 2 aliphatic heterocycles. The lowest BCUT2D eigenvalue weighted by Gasteiger charge is -2.38. The Morgan fingerprint density at radius 1 is 1.33 bits per heavy atom. The molecule has 6 heteroatoms. The molecular weight excluding hydrogens is 270 g/mol. The van der Waals surface area contributed by atoms with Crippen molar-refractivity contribution in [1.82, 2.24) is 4.90 Å². The standard InChI is InChI=1S/C15H21N3O3/c1-10(2)18-13-11(14(16)19)4-3-5-12(13)21-15(18)17-6-8-20-9-7-17/h3-5,10,15H,6-9H2,1-2H3,(H2,16,19). The fourth-order valence-corrected chi connectivity index (χ4v) is 2.93. The maximum absolute atomic E-state index is 11.7. The number of ether oxygens (including phenoxy) is 2. The monoisotopic (exact) mass is 291 g/mol. The molecule has 2 N–H and O–H groups in total. The number of rotatable bonds is 3. The number of fused-ring (bicyclic) bond motifs is 1. The van der Waals surface area contributed by atoms with E-state index in [2.05, 4.69) is 23.6 Å². The summed E-state index contributed by atoms with van der Waals surface area (Å²) in [6.07, 6.45) is -0.204. The van der Waals surface area contributed by atoms with Crippen LogP contribution in [-0.4, -0.2) is 49.5 Å². The summed E-state index contributed by atoms with van der Waals surface area (Å²) in [5.74, 6) is 0.292. The van der Waals surface area contributed by atoms with Crippen LogP contribution in [0.15, 0.2) is 18.2 Å². The molecule has 1 atom stereocenters. The lowest BCUT2D eigenvalue weighted by molar-refractivity contribution is -0.0404. The van der Waals surface area contributed by atoms with Gasteiger partial charge in [0.05, 0.1) is 24.5 Å². The highest BCUT2D eigenvalue weighted by atomic mass is 16.5. The number of nitrogens with two attached hydrogens (primary N) is 1. The fourth-order valence-electron chi connectivity index (χ4n) is 2.93. The molecule has 1 fully saturated rings. The summed E-state index contributed by atoms with van der Waals surface area (Å²) in [6, 6.07) is 5.64. The van der Waals surface area contributed by atoms with Crippen molar-refractivity contribution < 1.29 is 14.3 Å². The second kappa shape index (κ2) is 5.54. The summed E-state index contributed by atoms with van der Waals surface area (Å²) in [5.41, 5.74) is 6.83. The van der Waals surface area contributed by atoms with Gasteiger partial charge in [-0.15, -0.1) is 0 Å². The van der Waals surface area contributed by atoms with Gasteiger partial charge in [-0.3, -0.25) is 4.79 Å². The predicted molar refractivity (Wildman–Crippen MR) is 79.4 cm³/mol. The van der Waals surface area contributed by atoms with Crippen molar-refractivity contribution >= 4 is 11.6 Å². The van der Waals surface area contributed by atoms with Crippen molar-refractivity contribution in [3.05, 3.63) is 23.8 Å². The number of amides is 1. The Labute approximate surface area is 124 Å². The Morgan fingerprint density at radius 3 is 2.67 bits per heavy atom. The zero-order valence-electron chi connectivity index (χ0n) is 12.4. The van der Waals surface area contributed by atoms with Gasteiger partial charge < -0.3 is 20.1 Å². The highest BCUT2D eigenvalue weighted by Crippen LogP contribution is 2.42. The quantitative estimate of drug-likeness (QED) is 0.900. The van der Waals surface area contributed by atoms with E-state index in [4.69, 9.17) is 15.2 Å². The number of carbonyl (C=O) groups excluding carboxylic acids is 1. The Morgan fingerprint density at radius 2 is 2.05 bits per heavy atom. The minimum atomic E-state index is -0.427. The summed E-state index contributed by atoms with van der Waals surface area (Å²) in [4.78, 5) is 16.1. The molecule has 1 aromatic rings. The average Bonchev–Trinajstić information content (AvgIpc) is 2.87. The van der Waals surface area contributed by atoms with Gasteiger partial charge in [0, 0.05) is 19.1 Å². The van der Waals surface area contributed by atoms with Crippen molar-refractivity contribution in [1.29, 1.82) is 0 Å². The van der Waals surface area contributed by atoms with Gasteiger partial charge in [0.1, 0.15) is 5.75 Å². The zero-order valence-corrected chi connectivity index (χ0v) is 12.4. The van der Waals surface area contributed by atoms with Crippen LogP contribution in [0.5, 0.6) is 5.75 Å². The number of primary amides is 1. The number of carbonyl (C=O) groups is 1. The smallest absolute Gasteiger partial charge is 0.250 e. The van der Waals surface area contributed by atoms with Crippen LogP contribution in [-0.2, 0) is 4.74 Å². The van der Waals surface area contributed by atoms with Gasteiger partial charge in [-0.1, -0.05) is 6.07 Å². The Balaban J connectivity index is 1.99. The van der Waals surface area contributed by atoms with Gasteiger partial charge in [0.15, 0.2) is 0 Å². The Kier molecular flexibility index (Phi) is 3.73. The summed E-state index contributed by atoms with van der Waals surface area (Å²) < 4.78 is 11.5. The summed E-state index contributed by atoms with van der Waals surface area (Å²) in [6.45, 7) is 7.20. The number of hydrogen-bond acceptors (Lipinski definition) is 5. The number of nitrogens with zero attached hydrogens (tertiary/aromatic N) is 2. The van der Waals surface area contributed by atoms with Crippen LogP contribution in [0.4, 0.5) is 5.69 Å². The predicted octanol–water partition coefficient (Wildman–Crippen LogP) is 1.01. The lowest BCUT2D eigenvalue weighted by Crippen LogP contribution is -2.55. The van der Waals surface area contributed by atoms with Crippen molar-refractivity contribution in [3.63, 3.8) is 0 Å².